The Labute approximate surface area is 89.9 Å². The van der Waals surface area contributed by atoms with Crippen molar-refractivity contribution in [3.63, 3.8) is 0 Å². The molecule has 1 rings (SSSR count). The van der Waals surface area contributed by atoms with Crippen LogP contribution in [-0.2, 0) is 21.9 Å². The second kappa shape index (κ2) is 4.03. The van der Waals surface area contributed by atoms with Crippen LogP contribution in [0, 0.1) is 0 Å². The maximum Gasteiger partial charge on any atom is 0.310 e. The Morgan fingerprint density at radius 2 is 2.20 bits per heavy atom. The molecule has 0 aliphatic heterocycles. The summed E-state index contributed by atoms with van der Waals surface area (Å²) in [7, 11) is -2.32. The van der Waals surface area contributed by atoms with Gasteiger partial charge in [0, 0.05) is 20.7 Å². The van der Waals surface area contributed by atoms with Gasteiger partial charge in [0.05, 0.1) is 0 Å². The molecule has 9 heteroatoms. The maximum absolute atomic E-state index is 11.2. The Balaban J connectivity index is 3.42. The van der Waals surface area contributed by atoms with Crippen LogP contribution in [0.1, 0.15) is 6.92 Å². The highest BCUT2D eigenvalue weighted by molar-refractivity contribution is 7.92. The lowest BCUT2D eigenvalue weighted by Gasteiger charge is -1.87. The summed E-state index contributed by atoms with van der Waals surface area (Å²) in [5.41, 5.74) is 0. The number of amides is 1. The molecule has 7 nitrogen and oxygen atoms in total. The van der Waals surface area contributed by atoms with Crippen molar-refractivity contribution in [3.8, 4) is 0 Å². The zero-order valence-corrected chi connectivity index (χ0v) is 9.67. The number of carbonyl (C=O) groups excluding carboxylic acids is 1. The van der Waals surface area contributed by atoms with Gasteiger partial charge in [-0.05, 0) is 0 Å². The van der Waals surface area contributed by atoms with E-state index >= 15 is 0 Å². The molecule has 0 N–H and O–H groups in total. The quantitative estimate of drug-likeness (QED) is 0.648. The first kappa shape index (κ1) is 11.7. The smallest absolute Gasteiger partial charge is 0.273 e. The lowest BCUT2D eigenvalue weighted by molar-refractivity contribution is -0.116. The topological polar surface area (TPSA) is 93.8 Å². The number of hydrogen-bond acceptors (Lipinski definition) is 5. The molecule has 0 unspecified atom stereocenters. The van der Waals surface area contributed by atoms with E-state index < -0.39 is 15.9 Å². The summed E-state index contributed by atoms with van der Waals surface area (Å²) >= 11 is 0.762. The number of rotatable bonds is 2. The number of carbonyl (C=O) groups is 1. The molecule has 0 aliphatic rings. The van der Waals surface area contributed by atoms with Crippen molar-refractivity contribution in [1.82, 2.24) is 9.78 Å². The summed E-state index contributed by atoms with van der Waals surface area (Å²) in [4.78, 5) is 14.5. The van der Waals surface area contributed by atoms with Crippen LogP contribution in [0.2, 0.25) is 0 Å². The molecular formula is C6H8N4O3S2. The maximum atomic E-state index is 11.2. The molecule has 0 radical (unpaired) electrons. The Hall–Kier alpha value is -1.35. The summed E-state index contributed by atoms with van der Waals surface area (Å²) in [6, 6.07) is 0. The minimum Gasteiger partial charge on any atom is -0.273 e. The molecule has 1 heterocycles. The largest absolute Gasteiger partial charge is 0.310 e. The van der Waals surface area contributed by atoms with Gasteiger partial charge in [0.2, 0.25) is 10.7 Å². The van der Waals surface area contributed by atoms with Gasteiger partial charge in [-0.1, -0.05) is 11.3 Å². The van der Waals surface area contributed by atoms with Gasteiger partial charge in [-0.15, -0.1) is 5.10 Å². The van der Waals surface area contributed by atoms with E-state index in [0.29, 0.717) is 0 Å². The van der Waals surface area contributed by atoms with Gasteiger partial charge in [-0.2, -0.15) is 17.8 Å². The first-order valence-electron chi connectivity index (χ1n) is 3.69. The van der Waals surface area contributed by atoms with Crippen LogP contribution in [0.5, 0.6) is 0 Å². The molecule has 82 valence electrons. The van der Waals surface area contributed by atoms with Crippen molar-refractivity contribution >= 4 is 34.0 Å². The standard InChI is InChI=1S/C6H8N4O3S2/c1-4(11)8-5-10(3)9-6(14-5)15(12,13)7-2/h2H2,1,3H3/b8-5+. The Morgan fingerprint density at radius 1 is 1.60 bits per heavy atom. The van der Waals surface area contributed by atoms with E-state index in [1.807, 2.05) is 0 Å². The second-order valence-corrected chi connectivity index (χ2v) is 5.32. The van der Waals surface area contributed by atoms with Crippen molar-refractivity contribution in [2.45, 2.75) is 11.3 Å². The van der Waals surface area contributed by atoms with Crippen molar-refractivity contribution < 1.29 is 13.2 Å². The predicted octanol–water partition coefficient (Wildman–Crippen LogP) is -0.682. The van der Waals surface area contributed by atoms with Crippen molar-refractivity contribution in [2.75, 3.05) is 0 Å². The third kappa shape index (κ3) is 2.57. The van der Waals surface area contributed by atoms with Crippen molar-refractivity contribution in [2.24, 2.45) is 16.4 Å². The van der Waals surface area contributed by atoms with E-state index in [1.54, 1.807) is 0 Å². The average molecular weight is 248 g/mol. The molecule has 0 fully saturated rings. The molecule has 0 atom stereocenters. The van der Waals surface area contributed by atoms with Gasteiger partial charge in [0.1, 0.15) is 0 Å². The van der Waals surface area contributed by atoms with Crippen LogP contribution in [0.25, 0.3) is 0 Å². The molecule has 15 heavy (non-hydrogen) atoms. The summed E-state index contributed by atoms with van der Waals surface area (Å²) < 4.78 is 26.4. The van der Waals surface area contributed by atoms with E-state index in [2.05, 4.69) is 21.2 Å². The van der Waals surface area contributed by atoms with E-state index in [1.165, 1.54) is 18.7 Å². The molecule has 0 spiro atoms. The summed E-state index contributed by atoms with van der Waals surface area (Å²) in [5.74, 6) is -0.426. The Kier molecular flexibility index (Phi) is 3.15. The molecule has 0 aromatic carbocycles. The highest BCUT2D eigenvalue weighted by Crippen LogP contribution is 2.10. The first-order valence-corrected chi connectivity index (χ1v) is 5.95. The highest BCUT2D eigenvalue weighted by atomic mass is 32.2. The van der Waals surface area contributed by atoms with Crippen LogP contribution in [0.4, 0.5) is 0 Å². The van der Waals surface area contributed by atoms with Gasteiger partial charge in [0.25, 0.3) is 4.34 Å². The van der Waals surface area contributed by atoms with Crippen molar-refractivity contribution in [1.29, 1.82) is 0 Å². The summed E-state index contributed by atoms with van der Waals surface area (Å²) in [5, 5.41) is 3.67. The minimum absolute atomic E-state index is 0.199. The molecule has 1 amide bonds. The number of sulfonamides is 1. The Morgan fingerprint density at radius 3 is 2.67 bits per heavy atom. The molecule has 0 aliphatic carbocycles. The molecule has 1 aromatic heterocycles. The van der Waals surface area contributed by atoms with Crippen LogP contribution in [-0.4, -0.2) is 30.8 Å². The molecular weight excluding hydrogens is 240 g/mol. The third-order valence-electron chi connectivity index (χ3n) is 1.33. The lowest BCUT2D eigenvalue weighted by Crippen LogP contribution is -2.13. The van der Waals surface area contributed by atoms with Gasteiger partial charge >= 0.3 is 10.0 Å². The van der Waals surface area contributed by atoms with Gasteiger partial charge in [0.15, 0.2) is 0 Å². The van der Waals surface area contributed by atoms with E-state index in [9.17, 15) is 13.2 Å². The SMILES string of the molecule is C=NS(=O)(=O)c1nn(C)/c(=N\C(C)=O)s1. The normalized spacial score (nSPS) is 12.8. The molecule has 1 aromatic rings. The number of nitrogens with zero attached hydrogens (tertiary/aromatic N) is 4. The number of hydrogen-bond donors (Lipinski definition) is 0. The second-order valence-electron chi connectivity index (χ2n) is 2.51. The van der Waals surface area contributed by atoms with Gasteiger partial charge < -0.3 is 0 Å². The number of aromatic nitrogens is 2. The fraction of sp³-hybridized carbons (Fsp3) is 0.333. The predicted molar refractivity (Wildman–Crippen MR) is 54.1 cm³/mol. The fourth-order valence-electron chi connectivity index (χ4n) is 0.719. The molecule has 0 bridgehead atoms. The van der Waals surface area contributed by atoms with E-state index in [-0.39, 0.29) is 9.14 Å². The van der Waals surface area contributed by atoms with Crippen LogP contribution >= 0.6 is 11.3 Å². The zero-order chi connectivity index (χ0) is 11.6. The Bertz CT molecular complexity index is 565. The van der Waals surface area contributed by atoms with E-state index in [0.717, 1.165) is 11.3 Å². The first-order chi connectivity index (χ1) is 6.86. The lowest BCUT2D eigenvalue weighted by atomic mass is 10.8. The van der Waals surface area contributed by atoms with Crippen LogP contribution in [0.3, 0.4) is 0 Å². The summed E-state index contributed by atoms with van der Waals surface area (Å²) in [6.45, 7) is 4.19. The summed E-state index contributed by atoms with van der Waals surface area (Å²) in [6.07, 6.45) is 0. The van der Waals surface area contributed by atoms with Gasteiger partial charge in [-0.25, -0.2) is 4.68 Å². The fourth-order valence-corrected chi connectivity index (χ4v) is 2.52. The highest BCUT2D eigenvalue weighted by Gasteiger charge is 2.17. The van der Waals surface area contributed by atoms with Crippen LogP contribution < -0.4 is 4.80 Å². The zero-order valence-electron chi connectivity index (χ0n) is 8.04. The number of aryl methyl sites for hydroxylation is 1. The van der Waals surface area contributed by atoms with Crippen molar-refractivity contribution in [3.05, 3.63) is 4.80 Å². The minimum atomic E-state index is -3.81. The third-order valence-corrected chi connectivity index (χ3v) is 3.87. The van der Waals surface area contributed by atoms with E-state index in [4.69, 9.17) is 0 Å². The monoisotopic (exact) mass is 248 g/mol. The molecule has 0 saturated carbocycles. The van der Waals surface area contributed by atoms with Gasteiger partial charge in [-0.3, -0.25) is 4.79 Å². The average Bonchev–Trinajstić information content (AvgIpc) is 2.48. The molecule has 0 saturated heterocycles. The van der Waals surface area contributed by atoms with Crippen LogP contribution in [0.15, 0.2) is 13.7 Å².